The molecule has 0 radical (unpaired) electrons. The lowest BCUT2D eigenvalue weighted by Crippen LogP contribution is -2.73. The monoisotopic (exact) mass is 408 g/mol. The second-order valence-electron chi connectivity index (χ2n) is 5.68. The minimum atomic E-state index is -5.20. The lowest BCUT2D eigenvalue weighted by Gasteiger charge is -2.45. The van der Waals surface area contributed by atoms with E-state index in [0.29, 0.717) is 5.75 Å². The number of benzene rings is 1. The molecule has 3 atom stereocenters. The average molecular weight is 408 g/mol. The van der Waals surface area contributed by atoms with Crippen LogP contribution in [0.1, 0.15) is 18.5 Å². The van der Waals surface area contributed by atoms with Gasteiger partial charge in [0.1, 0.15) is 5.92 Å². The molecule has 1 aliphatic heterocycles. The molecule has 0 amide bonds. The molecule has 2 rings (SSSR count). The highest BCUT2D eigenvalue weighted by molar-refractivity contribution is 7.80. The second-order valence-corrected chi connectivity index (χ2v) is 6.09. The fourth-order valence-electron chi connectivity index (χ4n) is 2.86. The molecule has 1 heterocycles. The normalized spacial score (nSPS) is 25.2. The molecule has 7 nitrogen and oxygen atoms in total. The second kappa shape index (κ2) is 7.77. The molecule has 0 bridgehead atoms. The smallest absolute Gasteiger partial charge is 0.437 e. The lowest BCUT2D eigenvalue weighted by atomic mass is 9.82. The lowest BCUT2D eigenvalue weighted by molar-refractivity contribution is -0.292. The van der Waals surface area contributed by atoms with Crippen molar-refractivity contribution in [3.05, 3.63) is 23.8 Å². The minimum Gasteiger partial charge on any atom is -0.493 e. The van der Waals surface area contributed by atoms with Gasteiger partial charge in [0.15, 0.2) is 16.6 Å². The van der Waals surface area contributed by atoms with Crippen molar-refractivity contribution in [3.63, 3.8) is 0 Å². The SMILES string of the molecule is CCOC(=O)[C@@H]1[C@H](c2ccc(OC)c(OC)c2)NC(=S)N[C@]1(O)C(F)(F)F. The van der Waals surface area contributed by atoms with Gasteiger partial charge in [-0.15, -0.1) is 0 Å². The van der Waals surface area contributed by atoms with Crippen LogP contribution in [0.3, 0.4) is 0 Å². The van der Waals surface area contributed by atoms with E-state index < -0.39 is 34.9 Å². The number of nitrogens with one attached hydrogen (secondary N) is 2. The highest BCUT2D eigenvalue weighted by Gasteiger charge is 2.66. The van der Waals surface area contributed by atoms with Gasteiger partial charge >= 0.3 is 12.1 Å². The largest absolute Gasteiger partial charge is 0.493 e. The van der Waals surface area contributed by atoms with Crippen molar-refractivity contribution in [1.82, 2.24) is 10.6 Å². The summed E-state index contributed by atoms with van der Waals surface area (Å²) in [7, 11) is 2.76. The standard InChI is InChI=1S/C16H19F3N2O5S/c1-4-26-13(22)11-12(8-5-6-9(24-2)10(7-8)25-3)20-14(27)21-15(11,23)16(17,18)19/h5-7,11-12,23H,4H2,1-3H3,(H2,20,21,27)/t11-,12-,15+/m0/s1. The molecule has 1 fully saturated rings. The van der Waals surface area contributed by atoms with E-state index in [9.17, 15) is 23.1 Å². The van der Waals surface area contributed by atoms with Crippen molar-refractivity contribution in [2.45, 2.75) is 24.9 Å². The van der Waals surface area contributed by atoms with Gasteiger partial charge in [0.2, 0.25) is 0 Å². The Morgan fingerprint density at radius 2 is 1.93 bits per heavy atom. The summed E-state index contributed by atoms with van der Waals surface area (Å²) >= 11 is 4.82. The molecule has 1 aromatic carbocycles. The molecule has 0 spiro atoms. The summed E-state index contributed by atoms with van der Waals surface area (Å²) < 4.78 is 56.0. The third kappa shape index (κ3) is 3.88. The molecule has 0 unspecified atom stereocenters. The quantitative estimate of drug-likeness (QED) is 0.501. The Hall–Kier alpha value is -2.27. The third-order valence-corrected chi connectivity index (χ3v) is 4.33. The van der Waals surface area contributed by atoms with Crippen molar-refractivity contribution in [3.8, 4) is 11.5 Å². The summed E-state index contributed by atoms with van der Waals surface area (Å²) in [6.45, 7) is 1.29. The predicted octanol–water partition coefficient (Wildman–Crippen LogP) is 1.65. The number of ether oxygens (including phenoxy) is 3. The Bertz CT molecular complexity index is 730. The third-order valence-electron chi connectivity index (χ3n) is 4.11. The maximum Gasteiger partial charge on any atom is 0.437 e. The molecule has 0 aromatic heterocycles. The van der Waals surface area contributed by atoms with Gasteiger partial charge in [0.05, 0.1) is 26.9 Å². The molecule has 27 heavy (non-hydrogen) atoms. The van der Waals surface area contributed by atoms with E-state index in [4.69, 9.17) is 26.4 Å². The first kappa shape index (κ1) is 21.0. The Morgan fingerprint density at radius 1 is 1.30 bits per heavy atom. The number of methoxy groups -OCH3 is 2. The van der Waals surface area contributed by atoms with Crippen LogP contribution in [0, 0.1) is 5.92 Å². The van der Waals surface area contributed by atoms with Crippen molar-refractivity contribution >= 4 is 23.3 Å². The van der Waals surface area contributed by atoms with Crippen molar-refractivity contribution in [2.75, 3.05) is 20.8 Å². The van der Waals surface area contributed by atoms with E-state index in [1.165, 1.54) is 39.3 Å². The van der Waals surface area contributed by atoms with E-state index in [1.807, 2.05) is 0 Å². The zero-order valence-electron chi connectivity index (χ0n) is 14.7. The van der Waals surface area contributed by atoms with E-state index >= 15 is 0 Å². The number of hydrogen-bond acceptors (Lipinski definition) is 6. The summed E-state index contributed by atoms with van der Waals surface area (Å²) in [5.41, 5.74) is -3.39. The zero-order chi connectivity index (χ0) is 20.4. The van der Waals surface area contributed by atoms with Gasteiger partial charge in [-0.3, -0.25) is 4.79 Å². The maximum atomic E-state index is 13.7. The molecule has 0 saturated carbocycles. The zero-order valence-corrected chi connectivity index (χ0v) is 15.5. The Morgan fingerprint density at radius 3 is 2.44 bits per heavy atom. The fraction of sp³-hybridized carbons (Fsp3) is 0.500. The number of halogens is 3. The van der Waals surface area contributed by atoms with Crippen molar-refractivity contribution in [2.24, 2.45) is 5.92 Å². The van der Waals surface area contributed by atoms with Gasteiger partial charge < -0.3 is 30.0 Å². The van der Waals surface area contributed by atoms with Crippen LogP contribution in [0.25, 0.3) is 0 Å². The van der Waals surface area contributed by atoms with E-state index in [1.54, 1.807) is 5.32 Å². The Kier molecular flexibility index (Phi) is 6.05. The summed E-state index contributed by atoms with van der Waals surface area (Å²) in [5, 5.41) is 14.3. The van der Waals surface area contributed by atoms with Gasteiger partial charge in [-0.05, 0) is 36.8 Å². The fourth-order valence-corrected chi connectivity index (χ4v) is 3.14. The predicted molar refractivity (Wildman–Crippen MR) is 92.3 cm³/mol. The molecule has 11 heteroatoms. The number of rotatable bonds is 5. The number of esters is 1. The van der Waals surface area contributed by atoms with E-state index in [2.05, 4.69) is 5.32 Å². The average Bonchev–Trinajstić information content (AvgIpc) is 2.59. The van der Waals surface area contributed by atoms with Crippen molar-refractivity contribution in [1.29, 1.82) is 0 Å². The summed E-state index contributed by atoms with van der Waals surface area (Å²) in [4.78, 5) is 12.4. The Balaban J connectivity index is 2.60. The highest BCUT2D eigenvalue weighted by Crippen LogP contribution is 2.44. The number of aliphatic hydroxyl groups is 1. The highest BCUT2D eigenvalue weighted by atomic mass is 32.1. The first-order chi connectivity index (χ1) is 12.6. The molecule has 1 aromatic rings. The summed E-state index contributed by atoms with van der Waals surface area (Å²) in [5.74, 6) is -2.72. The first-order valence-electron chi connectivity index (χ1n) is 7.85. The number of carbonyl (C=O) groups excluding carboxylic acids is 1. The number of hydrogen-bond donors (Lipinski definition) is 3. The molecule has 1 saturated heterocycles. The maximum absolute atomic E-state index is 13.7. The van der Waals surface area contributed by atoms with Crippen LogP contribution in [0.4, 0.5) is 13.2 Å². The topological polar surface area (TPSA) is 89.1 Å². The molecule has 0 aliphatic carbocycles. The van der Waals surface area contributed by atoms with Crippen LogP contribution in [0.5, 0.6) is 11.5 Å². The van der Waals surface area contributed by atoms with Crippen LogP contribution in [-0.2, 0) is 9.53 Å². The van der Waals surface area contributed by atoms with E-state index in [0.717, 1.165) is 0 Å². The van der Waals surface area contributed by atoms with Crippen LogP contribution >= 0.6 is 12.2 Å². The van der Waals surface area contributed by atoms with Crippen LogP contribution in [-0.4, -0.2) is 48.9 Å². The molecular formula is C16H19F3N2O5S. The summed E-state index contributed by atoms with van der Waals surface area (Å²) in [6, 6.07) is 2.98. The summed E-state index contributed by atoms with van der Waals surface area (Å²) in [6.07, 6.45) is -5.20. The van der Waals surface area contributed by atoms with Gasteiger partial charge in [0, 0.05) is 0 Å². The minimum absolute atomic E-state index is 0.160. The molecule has 3 N–H and O–H groups in total. The molecule has 1 aliphatic rings. The molecule has 150 valence electrons. The number of alkyl halides is 3. The number of thiocarbonyl (C=S) groups is 1. The van der Waals surface area contributed by atoms with Crippen LogP contribution in [0.15, 0.2) is 18.2 Å². The Labute approximate surface area is 158 Å². The first-order valence-corrected chi connectivity index (χ1v) is 8.26. The number of carbonyl (C=O) groups is 1. The van der Waals surface area contributed by atoms with E-state index in [-0.39, 0.29) is 17.9 Å². The van der Waals surface area contributed by atoms with Gasteiger partial charge in [-0.2, -0.15) is 13.2 Å². The van der Waals surface area contributed by atoms with Crippen LogP contribution < -0.4 is 20.1 Å². The van der Waals surface area contributed by atoms with Crippen molar-refractivity contribution < 1.29 is 37.3 Å². The van der Waals surface area contributed by atoms with Gasteiger partial charge in [0.25, 0.3) is 5.72 Å². The molecular weight excluding hydrogens is 389 g/mol. The van der Waals surface area contributed by atoms with Crippen LogP contribution in [0.2, 0.25) is 0 Å². The van der Waals surface area contributed by atoms with Gasteiger partial charge in [-0.1, -0.05) is 6.07 Å². The van der Waals surface area contributed by atoms with Gasteiger partial charge in [-0.25, -0.2) is 0 Å².